The normalized spacial score (nSPS) is 10.1. The number of ether oxygens (including phenoxy) is 2. The molecule has 0 bridgehead atoms. The molecular weight excluding hydrogens is 330 g/mol. The lowest BCUT2D eigenvalue weighted by Crippen LogP contribution is -2.25. The Morgan fingerprint density at radius 2 is 1.67 bits per heavy atom. The van der Waals surface area contributed by atoms with Crippen LogP contribution in [-0.2, 0) is 0 Å². The minimum atomic E-state index is -1.43. The monoisotopic (exact) mass is 346 g/mol. The van der Waals surface area contributed by atoms with Gasteiger partial charge >= 0.3 is 0 Å². The quantitative estimate of drug-likeness (QED) is 0.806. The summed E-state index contributed by atoms with van der Waals surface area (Å²) in [6.07, 6.45) is 1.86. The Kier molecular flexibility index (Phi) is 5.70. The van der Waals surface area contributed by atoms with E-state index in [1.807, 2.05) is 18.4 Å². The molecule has 1 amide bonds. The number of hydrogen-bond acceptors (Lipinski definition) is 6. The lowest BCUT2D eigenvalue weighted by atomic mass is 10.1. The van der Waals surface area contributed by atoms with Crippen molar-refractivity contribution in [2.24, 2.45) is 0 Å². The highest BCUT2D eigenvalue weighted by Crippen LogP contribution is 2.33. The van der Waals surface area contributed by atoms with Crippen molar-refractivity contribution in [3.63, 3.8) is 0 Å². The minimum absolute atomic E-state index is 0.0774. The third-order valence-corrected chi connectivity index (χ3v) is 4.14. The molecule has 0 fully saturated rings. The SMILES string of the molecule is COc1cc(NC(=O)c2ccccc2SC)c(C(=O)[O-])cc1OC. The molecule has 126 valence electrons. The second kappa shape index (κ2) is 7.74. The molecule has 1 N–H and O–H groups in total. The van der Waals surface area contributed by atoms with E-state index in [4.69, 9.17) is 9.47 Å². The molecule has 2 rings (SSSR count). The fraction of sp³-hybridized carbons (Fsp3) is 0.176. The first-order valence-electron chi connectivity index (χ1n) is 6.93. The molecule has 24 heavy (non-hydrogen) atoms. The third-order valence-electron chi connectivity index (χ3n) is 3.34. The second-order valence-electron chi connectivity index (χ2n) is 4.69. The van der Waals surface area contributed by atoms with Crippen molar-refractivity contribution >= 4 is 29.3 Å². The smallest absolute Gasteiger partial charge is 0.256 e. The minimum Gasteiger partial charge on any atom is -0.545 e. The maximum atomic E-state index is 12.5. The van der Waals surface area contributed by atoms with Gasteiger partial charge < -0.3 is 24.7 Å². The van der Waals surface area contributed by atoms with Crippen molar-refractivity contribution in [2.75, 3.05) is 25.8 Å². The first-order valence-corrected chi connectivity index (χ1v) is 8.16. The Morgan fingerprint density at radius 3 is 2.25 bits per heavy atom. The second-order valence-corrected chi connectivity index (χ2v) is 5.54. The summed E-state index contributed by atoms with van der Waals surface area (Å²) in [4.78, 5) is 24.7. The molecule has 0 aliphatic carbocycles. The zero-order valence-electron chi connectivity index (χ0n) is 13.4. The molecule has 0 saturated heterocycles. The van der Waals surface area contributed by atoms with Crippen LogP contribution in [0, 0.1) is 0 Å². The largest absolute Gasteiger partial charge is 0.545 e. The number of thioether (sulfide) groups is 1. The van der Waals surface area contributed by atoms with E-state index in [1.54, 1.807) is 12.1 Å². The van der Waals surface area contributed by atoms with Crippen LogP contribution in [0.5, 0.6) is 11.5 Å². The summed E-state index contributed by atoms with van der Waals surface area (Å²) in [5.74, 6) is -1.31. The number of carbonyl (C=O) groups is 2. The number of hydrogen-bond donors (Lipinski definition) is 1. The number of benzene rings is 2. The standard InChI is InChI=1S/C17H17NO5S/c1-22-13-8-11(17(20)21)12(9-14(13)23-2)18-16(19)10-6-4-5-7-15(10)24-3/h4-9H,1-3H3,(H,18,19)(H,20,21)/p-1. The van der Waals surface area contributed by atoms with E-state index in [1.165, 1.54) is 38.1 Å². The molecule has 7 heteroatoms. The first kappa shape index (κ1) is 17.7. The number of amides is 1. The molecule has 0 spiro atoms. The summed E-state index contributed by atoms with van der Waals surface area (Å²) in [6.45, 7) is 0. The molecule has 0 unspecified atom stereocenters. The van der Waals surface area contributed by atoms with Crippen LogP contribution >= 0.6 is 11.8 Å². The Labute approximate surface area is 143 Å². The topological polar surface area (TPSA) is 87.7 Å². The van der Waals surface area contributed by atoms with Crippen molar-refractivity contribution in [3.05, 3.63) is 47.5 Å². The zero-order chi connectivity index (χ0) is 17.7. The van der Waals surface area contributed by atoms with Gasteiger partial charge in [0.2, 0.25) is 0 Å². The number of carbonyl (C=O) groups excluding carboxylic acids is 2. The van der Waals surface area contributed by atoms with Gasteiger partial charge in [-0.3, -0.25) is 4.79 Å². The molecular formula is C17H16NO5S-. The highest BCUT2D eigenvalue weighted by molar-refractivity contribution is 7.98. The fourth-order valence-corrected chi connectivity index (χ4v) is 2.77. The summed E-state index contributed by atoms with van der Waals surface area (Å²) < 4.78 is 10.2. The van der Waals surface area contributed by atoms with Crippen molar-refractivity contribution in [2.45, 2.75) is 4.90 Å². The van der Waals surface area contributed by atoms with Crippen molar-refractivity contribution in [3.8, 4) is 11.5 Å². The van der Waals surface area contributed by atoms with Crippen LogP contribution in [0.15, 0.2) is 41.3 Å². The van der Waals surface area contributed by atoms with E-state index in [9.17, 15) is 14.7 Å². The average Bonchev–Trinajstić information content (AvgIpc) is 2.60. The first-order chi connectivity index (χ1) is 11.5. The summed E-state index contributed by atoms with van der Waals surface area (Å²) >= 11 is 1.42. The van der Waals surface area contributed by atoms with E-state index < -0.39 is 11.9 Å². The van der Waals surface area contributed by atoms with E-state index in [-0.39, 0.29) is 17.0 Å². The van der Waals surface area contributed by atoms with Crippen molar-refractivity contribution < 1.29 is 24.2 Å². The average molecular weight is 346 g/mol. The van der Waals surface area contributed by atoms with Gasteiger partial charge in [0.15, 0.2) is 11.5 Å². The van der Waals surface area contributed by atoms with Crippen LogP contribution in [-0.4, -0.2) is 32.4 Å². The van der Waals surface area contributed by atoms with Gasteiger partial charge in [-0.25, -0.2) is 0 Å². The molecule has 0 aromatic heterocycles. The molecule has 2 aromatic rings. The summed E-state index contributed by atoms with van der Waals surface area (Å²) in [7, 11) is 2.81. The van der Waals surface area contributed by atoms with Gasteiger partial charge in [-0.15, -0.1) is 11.8 Å². The lowest BCUT2D eigenvalue weighted by molar-refractivity contribution is -0.254. The maximum absolute atomic E-state index is 12.5. The number of carboxylic acid groups (broad SMARTS) is 1. The van der Waals surface area contributed by atoms with Crippen molar-refractivity contribution in [1.82, 2.24) is 0 Å². The maximum Gasteiger partial charge on any atom is 0.256 e. The van der Waals surface area contributed by atoms with Gasteiger partial charge in [-0.1, -0.05) is 12.1 Å². The summed E-state index contributed by atoms with van der Waals surface area (Å²) in [5.41, 5.74) is 0.334. The van der Waals surface area contributed by atoms with E-state index >= 15 is 0 Å². The van der Waals surface area contributed by atoms with E-state index in [0.717, 1.165) is 4.90 Å². The van der Waals surface area contributed by atoms with E-state index in [0.29, 0.717) is 11.3 Å². The van der Waals surface area contributed by atoms with Crippen LogP contribution in [0.4, 0.5) is 5.69 Å². The van der Waals surface area contributed by atoms with E-state index in [2.05, 4.69) is 5.32 Å². The molecule has 6 nitrogen and oxygen atoms in total. The molecule has 0 atom stereocenters. The van der Waals surface area contributed by atoms with Crippen LogP contribution in [0.2, 0.25) is 0 Å². The van der Waals surface area contributed by atoms with Crippen LogP contribution in [0.3, 0.4) is 0 Å². The summed E-state index contributed by atoms with van der Waals surface area (Å²) in [5, 5.41) is 14.0. The molecule has 0 heterocycles. The number of carboxylic acids is 1. The molecule has 0 aliphatic rings. The summed E-state index contributed by atoms with van der Waals surface area (Å²) in [6, 6.07) is 9.69. The van der Waals surface area contributed by atoms with Gasteiger partial charge in [0.25, 0.3) is 5.91 Å². The van der Waals surface area contributed by atoms with Crippen molar-refractivity contribution in [1.29, 1.82) is 0 Å². The van der Waals surface area contributed by atoms with Gasteiger partial charge in [0.05, 0.1) is 31.4 Å². The number of aromatic carboxylic acids is 1. The van der Waals surface area contributed by atoms with Crippen LogP contribution in [0.25, 0.3) is 0 Å². The van der Waals surface area contributed by atoms with Crippen LogP contribution in [0.1, 0.15) is 20.7 Å². The molecule has 0 saturated carbocycles. The lowest BCUT2D eigenvalue weighted by Gasteiger charge is -2.16. The number of methoxy groups -OCH3 is 2. The van der Waals surface area contributed by atoms with Gasteiger partial charge in [0.1, 0.15) is 0 Å². The van der Waals surface area contributed by atoms with Gasteiger partial charge in [0, 0.05) is 16.5 Å². The Hall–Kier alpha value is -2.67. The highest BCUT2D eigenvalue weighted by atomic mass is 32.2. The fourth-order valence-electron chi connectivity index (χ4n) is 2.17. The van der Waals surface area contributed by atoms with Gasteiger partial charge in [-0.05, 0) is 24.5 Å². The molecule has 2 aromatic carbocycles. The molecule has 0 aliphatic heterocycles. The Balaban J connectivity index is 2.44. The van der Waals surface area contributed by atoms with Crippen LogP contribution < -0.4 is 19.9 Å². The number of anilines is 1. The predicted molar refractivity (Wildman–Crippen MR) is 90.1 cm³/mol. The zero-order valence-corrected chi connectivity index (χ0v) is 14.2. The molecule has 0 radical (unpaired) electrons. The number of rotatable bonds is 6. The van der Waals surface area contributed by atoms with Gasteiger partial charge in [-0.2, -0.15) is 0 Å². The predicted octanol–water partition coefficient (Wildman–Crippen LogP) is 2.04. The highest BCUT2D eigenvalue weighted by Gasteiger charge is 2.16. The Morgan fingerprint density at radius 1 is 1.04 bits per heavy atom. The number of nitrogens with one attached hydrogen (secondary N) is 1. The third kappa shape index (κ3) is 3.62. The Bertz CT molecular complexity index is 776.